The van der Waals surface area contributed by atoms with E-state index in [1.165, 1.54) is 5.56 Å². The second kappa shape index (κ2) is 9.32. The highest BCUT2D eigenvalue weighted by atomic mass is 16.3. The second-order valence-electron chi connectivity index (χ2n) is 7.22. The van der Waals surface area contributed by atoms with E-state index in [2.05, 4.69) is 41.1 Å². The number of nitrogens with one attached hydrogen (secondary N) is 1. The van der Waals surface area contributed by atoms with Crippen LogP contribution >= 0.6 is 0 Å². The van der Waals surface area contributed by atoms with E-state index < -0.39 is 0 Å². The Hall–Kier alpha value is -1.43. The molecule has 1 amide bonds. The fourth-order valence-electron chi connectivity index (χ4n) is 3.54. The molecule has 5 nitrogen and oxygen atoms in total. The number of β-amino-alcohol motifs (C(OH)–C–C–N with tert-alkyl or cyclic N) is 1. The van der Waals surface area contributed by atoms with Crippen molar-refractivity contribution in [3.05, 3.63) is 35.4 Å². The first kappa shape index (κ1) is 19.9. The zero-order valence-electron chi connectivity index (χ0n) is 16.0. The minimum atomic E-state index is -0.310. The van der Waals surface area contributed by atoms with Gasteiger partial charge in [0.25, 0.3) is 0 Å². The maximum atomic E-state index is 12.6. The quantitative estimate of drug-likeness (QED) is 0.789. The van der Waals surface area contributed by atoms with Crippen LogP contribution in [0.25, 0.3) is 0 Å². The van der Waals surface area contributed by atoms with Gasteiger partial charge < -0.3 is 10.4 Å². The van der Waals surface area contributed by atoms with E-state index in [0.29, 0.717) is 19.1 Å². The van der Waals surface area contributed by atoms with Gasteiger partial charge in [0.15, 0.2) is 0 Å². The van der Waals surface area contributed by atoms with Crippen molar-refractivity contribution in [3.8, 4) is 0 Å². The van der Waals surface area contributed by atoms with Gasteiger partial charge in [-0.2, -0.15) is 0 Å². The van der Waals surface area contributed by atoms with Crippen LogP contribution in [0, 0.1) is 6.92 Å². The van der Waals surface area contributed by atoms with Crippen molar-refractivity contribution >= 4 is 5.91 Å². The molecule has 0 aliphatic carbocycles. The molecule has 0 radical (unpaired) electrons. The predicted molar refractivity (Wildman–Crippen MR) is 101 cm³/mol. The molecule has 1 aliphatic heterocycles. The Morgan fingerprint density at radius 2 is 2.04 bits per heavy atom. The van der Waals surface area contributed by atoms with Gasteiger partial charge in [-0.3, -0.25) is 14.6 Å². The maximum absolute atomic E-state index is 12.6. The Kier molecular flexibility index (Phi) is 7.41. The van der Waals surface area contributed by atoms with E-state index in [1.54, 1.807) is 0 Å². The van der Waals surface area contributed by atoms with E-state index in [9.17, 15) is 9.90 Å². The molecule has 1 saturated heterocycles. The lowest BCUT2D eigenvalue weighted by Gasteiger charge is -2.43. The topological polar surface area (TPSA) is 55.8 Å². The predicted octanol–water partition coefficient (Wildman–Crippen LogP) is 1.78. The van der Waals surface area contributed by atoms with Gasteiger partial charge >= 0.3 is 0 Å². The summed E-state index contributed by atoms with van der Waals surface area (Å²) in [5.74, 6) is 0.0853. The van der Waals surface area contributed by atoms with Gasteiger partial charge in [-0.15, -0.1) is 0 Å². The molecule has 1 aliphatic rings. The summed E-state index contributed by atoms with van der Waals surface area (Å²) >= 11 is 0. The molecule has 140 valence electrons. The number of aryl methyl sites for hydroxylation is 1. The Morgan fingerprint density at radius 1 is 1.32 bits per heavy atom. The average Bonchev–Trinajstić information content (AvgIpc) is 2.60. The highest BCUT2D eigenvalue weighted by Gasteiger charge is 2.31. The standard InChI is InChI=1S/C20H33N3O2/c1-5-19-14-22(10-11-23(19)13-16(3)24)17(4)20(25)21-12-18-9-7-6-8-15(18)2/h6-9,16-17,19,24H,5,10-14H2,1-4H3,(H,21,25)/t16-,17+,19-/m1/s1. The normalized spacial score (nSPS) is 21.7. The van der Waals surface area contributed by atoms with Gasteiger partial charge in [-0.25, -0.2) is 0 Å². The monoisotopic (exact) mass is 347 g/mol. The number of amides is 1. The molecule has 0 spiro atoms. The lowest BCUT2D eigenvalue weighted by Crippen LogP contribution is -2.58. The first-order valence-electron chi connectivity index (χ1n) is 9.40. The molecule has 0 unspecified atom stereocenters. The summed E-state index contributed by atoms with van der Waals surface area (Å²) in [4.78, 5) is 17.2. The van der Waals surface area contributed by atoms with Crippen molar-refractivity contribution in [2.45, 2.75) is 58.8 Å². The van der Waals surface area contributed by atoms with Crippen LogP contribution in [0.1, 0.15) is 38.3 Å². The van der Waals surface area contributed by atoms with Crippen LogP contribution in [0.4, 0.5) is 0 Å². The zero-order chi connectivity index (χ0) is 18.4. The number of carbonyl (C=O) groups is 1. The molecule has 25 heavy (non-hydrogen) atoms. The van der Waals surface area contributed by atoms with E-state index in [-0.39, 0.29) is 18.1 Å². The molecule has 1 aromatic carbocycles. The number of benzene rings is 1. The first-order valence-corrected chi connectivity index (χ1v) is 9.40. The number of aliphatic hydroxyl groups is 1. The molecule has 2 N–H and O–H groups in total. The maximum Gasteiger partial charge on any atom is 0.237 e. The van der Waals surface area contributed by atoms with E-state index in [4.69, 9.17) is 0 Å². The number of rotatable bonds is 7. The second-order valence-corrected chi connectivity index (χ2v) is 7.22. The molecule has 1 aromatic rings. The minimum Gasteiger partial charge on any atom is -0.392 e. The van der Waals surface area contributed by atoms with Gasteiger partial charge in [-0.1, -0.05) is 31.2 Å². The Bertz CT molecular complexity index is 562. The summed E-state index contributed by atoms with van der Waals surface area (Å²) in [7, 11) is 0. The number of hydrogen-bond acceptors (Lipinski definition) is 4. The molecular weight excluding hydrogens is 314 g/mol. The summed E-state index contributed by atoms with van der Waals surface area (Å²) in [5.41, 5.74) is 2.37. The van der Waals surface area contributed by atoms with Crippen LogP contribution in [-0.2, 0) is 11.3 Å². The SMILES string of the molecule is CC[C@@H]1CN([C@@H](C)C(=O)NCc2ccccc2C)CCN1C[C@@H](C)O. The van der Waals surface area contributed by atoms with Gasteiger partial charge in [0, 0.05) is 38.8 Å². The third-order valence-corrected chi connectivity index (χ3v) is 5.25. The number of piperazine rings is 1. The molecule has 0 saturated carbocycles. The highest BCUT2D eigenvalue weighted by Crippen LogP contribution is 2.16. The van der Waals surface area contributed by atoms with Gasteiger partial charge in [0.2, 0.25) is 5.91 Å². The molecule has 1 heterocycles. The van der Waals surface area contributed by atoms with Crippen molar-refractivity contribution in [3.63, 3.8) is 0 Å². The fourth-order valence-corrected chi connectivity index (χ4v) is 3.54. The summed E-state index contributed by atoms with van der Waals surface area (Å²) in [6, 6.07) is 8.41. The minimum absolute atomic E-state index is 0.0853. The molecule has 1 fully saturated rings. The summed E-state index contributed by atoms with van der Waals surface area (Å²) in [5, 5.41) is 12.7. The molecule has 3 atom stereocenters. The number of aliphatic hydroxyl groups excluding tert-OH is 1. The van der Waals surface area contributed by atoms with Crippen LogP contribution in [0.5, 0.6) is 0 Å². The van der Waals surface area contributed by atoms with Crippen LogP contribution in [0.15, 0.2) is 24.3 Å². The van der Waals surface area contributed by atoms with E-state index in [0.717, 1.165) is 31.6 Å². The number of hydrogen-bond donors (Lipinski definition) is 2. The Morgan fingerprint density at radius 3 is 2.68 bits per heavy atom. The van der Waals surface area contributed by atoms with E-state index >= 15 is 0 Å². The summed E-state index contributed by atoms with van der Waals surface area (Å²) in [6.45, 7) is 12.0. The van der Waals surface area contributed by atoms with Crippen LogP contribution < -0.4 is 5.32 Å². The van der Waals surface area contributed by atoms with Gasteiger partial charge in [-0.05, 0) is 38.3 Å². The largest absolute Gasteiger partial charge is 0.392 e. The molecule has 2 rings (SSSR count). The molecule has 0 aromatic heterocycles. The van der Waals surface area contributed by atoms with Crippen molar-refractivity contribution in [2.24, 2.45) is 0 Å². The average molecular weight is 348 g/mol. The Balaban J connectivity index is 1.88. The van der Waals surface area contributed by atoms with Gasteiger partial charge in [0.1, 0.15) is 0 Å². The third kappa shape index (κ3) is 5.53. The van der Waals surface area contributed by atoms with Crippen molar-refractivity contribution in [1.29, 1.82) is 0 Å². The van der Waals surface area contributed by atoms with Crippen LogP contribution in [-0.4, -0.2) is 65.2 Å². The lowest BCUT2D eigenvalue weighted by atomic mass is 10.1. The van der Waals surface area contributed by atoms with E-state index in [1.807, 2.05) is 26.0 Å². The first-order chi connectivity index (χ1) is 11.9. The lowest BCUT2D eigenvalue weighted by molar-refractivity contribution is -0.127. The van der Waals surface area contributed by atoms with Crippen LogP contribution in [0.2, 0.25) is 0 Å². The third-order valence-electron chi connectivity index (χ3n) is 5.25. The smallest absolute Gasteiger partial charge is 0.237 e. The molecule has 5 heteroatoms. The van der Waals surface area contributed by atoms with Crippen molar-refractivity contribution in [1.82, 2.24) is 15.1 Å². The van der Waals surface area contributed by atoms with Crippen molar-refractivity contribution < 1.29 is 9.90 Å². The summed E-state index contributed by atoms with van der Waals surface area (Å²) in [6.07, 6.45) is 0.719. The highest BCUT2D eigenvalue weighted by molar-refractivity contribution is 5.81. The summed E-state index contributed by atoms with van der Waals surface area (Å²) < 4.78 is 0. The molecule has 0 bridgehead atoms. The van der Waals surface area contributed by atoms with Crippen molar-refractivity contribution in [2.75, 3.05) is 26.2 Å². The zero-order valence-corrected chi connectivity index (χ0v) is 16.0. The molecular formula is C20H33N3O2. The number of carbonyl (C=O) groups excluding carboxylic acids is 1. The van der Waals surface area contributed by atoms with Crippen LogP contribution in [0.3, 0.4) is 0 Å². The van der Waals surface area contributed by atoms with Gasteiger partial charge in [0.05, 0.1) is 12.1 Å². The fraction of sp³-hybridized carbons (Fsp3) is 0.650. The number of nitrogens with zero attached hydrogens (tertiary/aromatic N) is 2. The Labute approximate surface area is 152 Å².